The van der Waals surface area contributed by atoms with Crippen molar-refractivity contribution in [2.45, 2.75) is 58.9 Å². The molecule has 1 fully saturated rings. The van der Waals surface area contributed by atoms with Crippen LogP contribution in [0.5, 0.6) is 5.75 Å². The Bertz CT molecular complexity index is 1350. The Balaban J connectivity index is 1.72. The molecule has 11 heteroatoms. The van der Waals surface area contributed by atoms with Crippen LogP contribution in [-0.2, 0) is 4.79 Å². The SMILES string of the molecule is CC1CC(n2c(Nc3ccc(OC(F)(F)F)cc3)nc3ccc(C(=O)N(C)CCC(=O)O)cc32)CC(C)(C)C1. The molecule has 1 aliphatic carbocycles. The van der Waals surface area contributed by atoms with Gasteiger partial charge in [-0.1, -0.05) is 20.8 Å². The monoisotopic (exact) mass is 546 g/mol. The van der Waals surface area contributed by atoms with E-state index >= 15 is 0 Å². The molecule has 8 nitrogen and oxygen atoms in total. The van der Waals surface area contributed by atoms with E-state index in [0.29, 0.717) is 28.6 Å². The Morgan fingerprint density at radius 2 is 1.87 bits per heavy atom. The number of carbonyl (C=O) groups is 2. The van der Waals surface area contributed by atoms with Crippen LogP contribution < -0.4 is 10.1 Å². The van der Waals surface area contributed by atoms with Crippen molar-refractivity contribution in [1.29, 1.82) is 0 Å². The number of rotatable bonds is 8. The van der Waals surface area contributed by atoms with E-state index in [1.807, 2.05) is 0 Å². The van der Waals surface area contributed by atoms with Gasteiger partial charge in [0.25, 0.3) is 5.91 Å². The molecule has 0 bridgehead atoms. The third-order valence-corrected chi connectivity index (χ3v) is 7.02. The van der Waals surface area contributed by atoms with Crippen molar-refractivity contribution in [1.82, 2.24) is 14.5 Å². The highest BCUT2D eigenvalue weighted by atomic mass is 19.4. The zero-order valence-corrected chi connectivity index (χ0v) is 22.4. The molecule has 3 aromatic rings. The Hall–Kier alpha value is -3.76. The maximum absolute atomic E-state index is 13.1. The fourth-order valence-corrected chi connectivity index (χ4v) is 5.63. The molecule has 1 heterocycles. The van der Waals surface area contributed by atoms with Gasteiger partial charge in [-0.25, -0.2) is 4.98 Å². The first kappa shape index (κ1) is 28.3. The lowest BCUT2D eigenvalue weighted by Gasteiger charge is -2.40. The van der Waals surface area contributed by atoms with Crippen molar-refractivity contribution >= 4 is 34.5 Å². The molecular formula is C28H33F3N4O4. The number of imidazole rings is 1. The number of aliphatic carboxylic acids is 1. The average Bonchev–Trinajstić information content (AvgIpc) is 3.18. The number of carboxylic acids is 1. The van der Waals surface area contributed by atoms with E-state index in [0.717, 1.165) is 24.8 Å². The highest BCUT2D eigenvalue weighted by Crippen LogP contribution is 2.46. The number of nitrogens with one attached hydrogen (secondary N) is 1. The Labute approximate surface area is 224 Å². The lowest BCUT2D eigenvalue weighted by Crippen LogP contribution is -2.30. The van der Waals surface area contributed by atoms with Crippen LogP contribution in [-0.4, -0.2) is 51.4 Å². The zero-order chi connectivity index (χ0) is 28.5. The molecule has 2 aromatic carbocycles. The maximum Gasteiger partial charge on any atom is 0.573 e. The van der Waals surface area contributed by atoms with Crippen molar-refractivity contribution in [3.05, 3.63) is 48.0 Å². The molecule has 1 amide bonds. The molecule has 1 saturated carbocycles. The minimum Gasteiger partial charge on any atom is -0.481 e. The molecule has 210 valence electrons. The molecule has 1 aromatic heterocycles. The number of carboxylic acid groups (broad SMARTS) is 1. The van der Waals surface area contributed by atoms with E-state index in [-0.39, 0.29) is 36.1 Å². The van der Waals surface area contributed by atoms with Crippen molar-refractivity contribution in [2.24, 2.45) is 11.3 Å². The summed E-state index contributed by atoms with van der Waals surface area (Å²) in [6.07, 6.45) is -2.06. The maximum atomic E-state index is 13.1. The van der Waals surface area contributed by atoms with Gasteiger partial charge in [0.1, 0.15) is 5.75 Å². The fraction of sp³-hybridized carbons (Fsp3) is 0.464. The zero-order valence-electron chi connectivity index (χ0n) is 22.4. The number of halogens is 3. The van der Waals surface area contributed by atoms with Gasteiger partial charge in [-0.15, -0.1) is 13.2 Å². The van der Waals surface area contributed by atoms with E-state index < -0.39 is 12.3 Å². The number of anilines is 2. The third kappa shape index (κ3) is 7.01. The minimum atomic E-state index is -4.77. The topological polar surface area (TPSA) is 96.7 Å². The van der Waals surface area contributed by atoms with Crippen molar-refractivity contribution in [3.8, 4) is 5.75 Å². The summed E-state index contributed by atoms with van der Waals surface area (Å²) in [5.41, 5.74) is 2.45. The van der Waals surface area contributed by atoms with Crippen LogP contribution in [0.1, 0.15) is 62.9 Å². The van der Waals surface area contributed by atoms with E-state index in [1.165, 1.54) is 29.2 Å². The number of ether oxygens (including phenoxy) is 1. The number of benzene rings is 2. The number of amides is 1. The highest BCUT2D eigenvalue weighted by Gasteiger charge is 2.35. The summed E-state index contributed by atoms with van der Waals surface area (Å²) in [7, 11) is 1.57. The summed E-state index contributed by atoms with van der Waals surface area (Å²) in [6, 6.07) is 10.7. The minimum absolute atomic E-state index is 0.0687. The second-order valence-corrected chi connectivity index (χ2v) is 11.1. The summed E-state index contributed by atoms with van der Waals surface area (Å²) < 4.78 is 43.8. The number of nitrogens with zero attached hydrogens (tertiary/aromatic N) is 3. The second-order valence-electron chi connectivity index (χ2n) is 11.1. The molecule has 0 aliphatic heterocycles. The largest absolute Gasteiger partial charge is 0.573 e. The van der Waals surface area contributed by atoms with Gasteiger partial charge in [-0.05, 0) is 73.1 Å². The van der Waals surface area contributed by atoms with Gasteiger partial charge < -0.3 is 24.6 Å². The first-order chi connectivity index (χ1) is 18.2. The number of carbonyl (C=O) groups excluding carboxylic acids is 1. The number of hydrogen-bond acceptors (Lipinski definition) is 5. The Morgan fingerprint density at radius 3 is 2.49 bits per heavy atom. The van der Waals surface area contributed by atoms with Gasteiger partial charge in [-0.2, -0.15) is 0 Å². The van der Waals surface area contributed by atoms with Crippen LogP contribution in [0.25, 0.3) is 11.0 Å². The molecule has 4 rings (SSSR count). The van der Waals surface area contributed by atoms with Crippen LogP contribution in [0, 0.1) is 11.3 Å². The van der Waals surface area contributed by atoms with Crippen LogP contribution in [0.3, 0.4) is 0 Å². The van der Waals surface area contributed by atoms with Crippen molar-refractivity contribution in [2.75, 3.05) is 18.9 Å². The van der Waals surface area contributed by atoms with Crippen LogP contribution in [0.15, 0.2) is 42.5 Å². The first-order valence-electron chi connectivity index (χ1n) is 12.8. The molecule has 1 aliphatic rings. The molecule has 2 unspecified atom stereocenters. The highest BCUT2D eigenvalue weighted by molar-refractivity contribution is 5.98. The number of aromatic nitrogens is 2. The third-order valence-electron chi connectivity index (χ3n) is 7.02. The number of hydrogen-bond donors (Lipinski definition) is 2. The van der Waals surface area contributed by atoms with Crippen molar-refractivity contribution in [3.63, 3.8) is 0 Å². The quantitative estimate of drug-likeness (QED) is 0.330. The molecule has 2 N–H and O–H groups in total. The van der Waals surface area contributed by atoms with E-state index in [4.69, 9.17) is 10.1 Å². The van der Waals surface area contributed by atoms with Gasteiger partial charge in [0.2, 0.25) is 5.95 Å². The fourth-order valence-electron chi connectivity index (χ4n) is 5.63. The van der Waals surface area contributed by atoms with Crippen LogP contribution >= 0.6 is 0 Å². The Kier molecular flexibility index (Phi) is 7.81. The van der Waals surface area contributed by atoms with Crippen molar-refractivity contribution < 1.29 is 32.6 Å². The van der Waals surface area contributed by atoms with Crippen LogP contribution in [0.2, 0.25) is 0 Å². The lowest BCUT2D eigenvalue weighted by atomic mass is 9.70. The van der Waals surface area contributed by atoms with E-state index in [9.17, 15) is 22.8 Å². The average molecular weight is 547 g/mol. The predicted octanol–water partition coefficient (Wildman–Crippen LogP) is 6.61. The second kappa shape index (κ2) is 10.8. The molecule has 2 atom stereocenters. The van der Waals surface area contributed by atoms with Gasteiger partial charge in [-0.3, -0.25) is 9.59 Å². The normalized spacial score (nSPS) is 19.1. The van der Waals surface area contributed by atoms with Gasteiger partial charge in [0.15, 0.2) is 0 Å². The molecule has 39 heavy (non-hydrogen) atoms. The summed E-state index contributed by atoms with van der Waals surface area (Å²) in [6.45, 7) is 6.76. The van der Waals surface area contributed by atoms with E-state index in [2.05, 4.69) is 35.4 Å². The summed E-state index contributed by atoms with van der Waals surface area (Å²) in [5, 5.41) is 12.2. The lowest BCUT2D eigenvalue weighted by molar-refractivity contribution is -0.274. The number of fused-ring (bicyclic) bond motifs is 1. The summed E-state index contributed by atoms with van der Waals surface area (Å²) in [5.74, 6) is -0.619. The molecule has 0 radical (unpaired) electrons. The first-order valence-corrected chi connectivity index (χ1v) is 12.8. The summed E-state index contributed by atoms with van der Waals surface area (Å²) >= 11 is 0. The van der Waals surface area contributed by atoms with Gasteiger partial charge in [0.05, 0.1) is 17.5 Å². The smallest absolute Gasteiger partial charge is 0.481 e. The van der Waals surface area contributed by atoms with Gasteiger partial charge >= 0.3 is 12.3 Å². The van der Waals surface area contributed by atoms with Gasteiger partial charge in [0, 0.05) is 30.9 Å². The molecular weight excluding hydrogens is 513 g/mol. The summed E-state index contributed by atoms with van der Waals surface area (Å²) in [4.78, 5) is 30.2. The van der Waals surface area contributed by atoms with Crippen LogP contribution in [0.4, 0.5) is 24.8 Å². The number of alkyl halides is 3. The standard InChI is InChI=1S/C28H33F3N4O4/c1-17-13-20(16-27(2,3)15-17)35-23-14-18(25(38)34(4)12-11-24(36)37)5-10-22(23)33-26(35)32-19-6-8-21(9-7-19)39-28(29,30)31/h5-10,14,17,20H,11-13,15-16H2,1-4H3,(H,32,33)(H,36,37). The van der Waals surface area contributed by atoms with E-state index in [1.54, 1.807) is 25.2 Å². The predicted molar refractivity (Wildman–Crippen MR) is 141 cm³/mol. The Morgan fingerprint density at radius 1 is 1.18 bits per heavy atom. The molecule has 0 spiro atoms. The molecule has 0 saturated heterocycles.